The van der Waals surface area contributed by atoms with Gasteiger partial charge < -0.3 is 10.2 Å². The molecule has 2 aromatic heterocycles. The first-order valence-electron chi connectivity index (χ1n) is 10.8. The van der Waals surface area contributed by atoms with Gasteiger partial charge >= 0.3 is 6.18 Å². The van der Waals surface area contributed by atoms with Gasteiger partial charge in [-0.1, -0.05) is 6.92 Å². The highest BCUT2D eigenvalue weighted by Gasteiger charge is 2.50. The summed E-state index contributed by atoms with van der Waals surface area (Å²) in [6.45, 7) is 2.29. The summed E-state index contributed by atoms with van der Waals surface area (Å²) in [6.07, 6.45) is 1.55. The van der Waals surface area contributed by atoms with E-state index in [0.717, 1.165) is 25.2 Å². The number of fused-ring (bicyclic) bond motifs is 2. The lowest BCUT2D eigenvalue weighted by molar-refractivity contribution is -0.138. The fourth-order valence-electron chi connectivity index (χ4n) is 4.82. The number of nitrogens with zero attached hydrogens (tertiary/aromatic N) is 6. The average Bonchev–Trinajstić information content (AvgIpc) is 3.31. The molecule has 3 aromatic rings. The molecule has 2 saturated heterocycles. The molecule has 2 atom stereocenters. The van der Waals surface area contributed by atoms with Crippen LogP contribution >= 0.6 is 0 Å². The molecule has 2 bridgehead atoms. The van der Waals surface area contributed by atoms with Gasteiger partial charge in [0, 0.05) is 25.0 Å². The van der Waals surface area contributed by atoms with Crippen molar-refractivity contribution >= 4 is 11.9 Å². The molecule has 1 amide bonds. The first-order chi connectivity index (χ1) is 16.2. The number of anilines is 1. The third-order valence-electron chi connectivity index (χ3n) is 6.76. The number of amides is 1. The first kappa shape index (κ1) is 22.2. The summed E-state index contributed by atoms with van der Waals surface area (Å²) in [5, 5.41) is 11.1. The van der Waals surface area contributed by atoms with E-state index >= 15 is 0 Å². The van der Waals surface area contributed by atoms with Crippen LogP contribution in [0.4, 0.5) is 23.5 Å². The maximum absolute atomic E-state index is 14.2. The van der Waals surface area contributed by atoms with Gasteiger partial charge in [-0.3, -0.25) is 4.79 Å². The van der Waals surface area contributed by atoms with Crippen LogP contribution in [0, 0.1) is 17.7 Å². The number of carbonyl (C=O) groups is 1. The van der Waals surface area contributed by atoms with Gasteiger partial charge in [0.1, 0.15) is 5.82 Å². The highest BCUT2D eigenvalue weighted by atomic mass is 19.4. The summed E-state index contributed by atoms with van der Waals surface area (Å²) in [7, 11) is 0. The number of hydrogen-bond donors (Lipinski definition) is 1. The molecule has 3 aliphatic rings. The molecule has 2 aliphatic heterocycles. The fraction of sp³-hybridized carbons (Fsp3) is 0.409. The summed E-state index contributed by atoms with van der Waals surface area (Å²) >= 11 is 0. The minimum Gasteiger partial charge on any atom is -0.352 e. The van der Waals surface area contributed by atoms with E-state index in [1.54, 1.807) is 4.90 Å². The molecule has 4 heterocycles. The lowest BCUT2D eigenvalue weighted by Crippen LogP contribution is -2.64. The normalized spacial score (nSPS) is 24.0. The Kier molecular flexibility index (Phi) is 5.45. The number of alkyl halides is 3. The van der Waals surface area contributed by atoms with Crippen LogP contribution in [0.15, 0.2) is 43.0 Å². The van der Waals surface area contributed by atoms with Crippen molar-refractivity contribution in [3.8, 4) is 5.69 Å². The maximum Gasteiger partial charge on any atom is 0.419 e. The van der Waals surface area contributed by atoms with Crippen molar-refractivity contribution in [1.82, 2.24) is 29.9 Å². The average molecular weight is 475 g/mol. The van der Waals surface area contributed by atoms with Gasteiger partial charge in [-0.05, 0) is 42.9 Å². The standard InChI is InChI=1S/C22H21F4N7O/c1-12-13-6-16(7-13)32(19(12)11-29-21-27-9-14(10-28-21)22(24,25)26)20(34)17-8-15(23)2-3-18(17)33-30-4-5-31-33/h2-5,8-10,12-13,16,19H,6-7,11H2,1H3,(H,27,28,29). The van der Waals surface area contributed by atoms with Gasteiger partial charge in [-0.25, -0.2) is 14.4 Å². The molecule has 178 valence electrons. The molecule has 2 unspecified atom stereocenters. The van der Waals surface area contributed by atoms with Crippen molar-refractivity contribution in [3.63, 3.8) is 0 Å². The van der Waals surface area contributed by atoms with E-state index in [1.165, 1.54) is 35.4 Å². The Bertz CT molecular complexity index is 1180. The summed E-state index contributed by atoms with van der Waals surface area (Å²) in [6, 6.07) is 3.60. The number of benzene rings is 1. The third-order valence-corrected chi connectivity index (χ3v) is 6.76. The number of hydrogen-bond acceptors (Lipinski definition) is 6. The van der Waals surface area contributed by atoms with Gasteiger partial charge in [-0.2, -0.15) is 28.2 Å². The number of aromatic nitrogens is 5. The topological polar surface area (TPSA) is 88.8 Å². The Labute approximate surface area is 192 Å². The quantitative estimate of drug-likeness (QED) is 0.568. The third kappa shape index (κ3) is 3.97. The van der Waals surface area contributed by atoms with Crippen LogP contribution in [-0.4, -0.2) is 54.4 Å². The van der Waals surface area contributed by atoms with E-state index in [0.29, 0.717) is 11.6 Å². The van der Waals surface area contributed by atoms with Crippen molar-refractivity contribution in [2.45, 2.75) is 38.0 Å². The SMILES string of the molecule is CC1C2CC(C2)N(C(=O)c2cc(F)ccc2-n2nccn2)C1CNc1ncc(C(F)(F)F)cn1. The van der Waals surface area contributed by atoms with E-state index < -0.39 is 17.6 Å². The van der Waals surface area contributed by atoms with E-state index in [9.17, 15) is 22.4 Å². The zero-order valence-corrected chi connectivity index (χ0v) is 18.1. The smallest absolute Gasteiger partial charge is 0.352 e. The summed E-state index contributed by atoms with van der Waals surface area (Å²) in [5.74, 6) is -0.297. The Morgan fingerprint density at radius 3 is 2.47 bits per heavy atom. The monoisotopic (exact) mass is 475 g/mol. The second-order valence-corrected chi connectivity index (χ2v) is 8.68. The Morgan fingerprint density at radius 2 is 1.82 bits per heavy atom. The number of carbonyl (C=O) groups excluding carboxylic acids is 1. The Morgan fingerprint density at radius 1 is 1.15 bits per heavy atom. The minimum absolute atomic E-state index is 0.00396. The second kappa shape index (κ2) is 8.33. The van der Waals surface area contributed by atoms with E-state index in [1.807, 2.05) is 6.92 Å². The zero-order valence-electron chi connectivity index (χ0n) is 18.1. The van der Waals surface area contributed by atoms with Gasteiger partial charge in [0.25, 0.3) is 5.91 Å². The number of piperidine rings is 2. The van der Waals surface area contributed by atoms with Gasteiger partial charge in [-0.15, -0.1) is 0 Å². The zero-order chi connectivity index (χ0) is 24.0. The van der Waals surface area contributed by atoms with Crippen molar-refractivity contribution in [1.29, 1.82) is 0 Å². The van der Waals surface area contributed by atoms with Gasteiger partial charge in [0.2, 0.25) is 5.95 Å². The second-order valence-electron chi connectivity index (χ2n) is 8.68. The van der Waals surface area contributed by atoms with Crippen molar-refractivity contribution in [2.75, 3.05) is 11.9 Å². The van der Waals surface area contributed by atoms with Crippen LogP contribution in [0.3, 0.4) is 0 Å². The molecule has 1 saturated carbocycles. The number of rotatable bonds is 5. The van der Waals surface area contributed by atoms with Crippen molar-refractivity contribution < 1.29 is 22.4 Å². The molecular weight excluding hydrogens is 454 g/mol. The molecule has 0 radical (unpaired) electrons. The minimum atomic E-state index is -4.52. The maximum atomic E-state index is 14.2. The highest BCUT2D eigenvalue weighted by molar-refractivity contribution is 5.98. The summed E-state index contributed by atoms with van der Waals surface area (Å²) in [4.78, 5) is 24.3. The molecule has 34 heavy (non-hydrogen) atoms. The molecule has 8 nitrogen and oxygen atoms in total. The van der Waals surface area contributed by atoms with E-state index in [2.05, 4.69) is 25.5 Å². The lowest BCUT2D eigenvalue weighted by atomic mass is 9.64. The molecule has 1 N–H and O–H groups in total. The van der Waals surface area contributed by atoms with Crippen LogP contribution in [0.2, 0.25) is 0 Å². The van der Waals surface area contributed by atoms with Crippen LogP contribution in [0.5, 0.6) is 0 Å². The first-order valence-corrected chi connectivity index (χ1v) is 10.8. The molecular formula is C22H21F4N7O. The fourth-order valence-corrected chi connectivity index (χ4v) is 4.82. The summed E-state index contributed by atoms with van der Waals surface area (Å²) < 4.78 is 52.5. The molecule has 1 aliphatic carbocycles. The Balaban J connectivity index is 1.40. The molecule has 0 spiro atoms. The lowest BCUT2D eigenvalue weighted by Gasteiger charge is -2.57. The Hall–Kier alpha value is -3.57. The van der Waals surface area contributed by atoms with Crippen molar-refractivity contribution in [2.24, 2.45) is 11.8 Å². The van der Waals surface area contributed by atoms with Crippen LogP contribution in [0.25, 0.3) is 5.69 Å². The number of nitrogens with one attached hydrogen (secondary N) is 1. The molecule has 1 aromatic carbocycles. The summed E-state index contributed by atoms with van der Waals surface area (Å²) in [5.41, 5.74) is -0.430. The largest absolute Gasteiger partial charge is 0.419 e. The van der Waals surface area contributed by atoms with Gasteiger partial charge in [0.05, 0.1) is 35.2 Å². The van der Waals surface area contributed by atoms with E-state index in [4.69, 9.17) is 0 Å². The van der Waals surface area contributed by atoms with Gasteiger partial charge in [0.15, 0.2) is 0 Å². The van der Waals surface area contributed by atoms with E-state index in [-0.39, 0.29) is 42.0 Å². The molecule has 6 rings (SSSR count). The predicted octanol–water partition coefficient (Wildman–Crippen LogP) is 3.57. The van der Waals surface area contributed by atoms with Crippen molar-refractivity contribution in [3.05, 3.63) is 59.9 Å². The predicted molar refractivity (Wildman–Crippen MR) is 112 cm³/mol. The number of halogens is 4. The molecule has 3 fully saturated rings. The van der Waals surface area contributed by atoms with Crippen LogP contribution in [-0.2, 0) is 6.18 Å². The highest BCUT2D eigenvalue weighted by Crippen LogP contribution is 2.47. The van der Waals surface area contributed by atoms with Crippen LogP contribution in [0.1, 0.15) is 35.7 Å². The molecule has 12 heteroatoms. The van der Waals surface area contributed by atoms with Crippen LogP contribution < -0.4 is 5.32 Å².